The van der Waals surface area contributed by atoms with Crippen LogP contribution >= 0.6 is 0 Å². The van der Waals surface area contributed by atoms with Gasteiger partial charge in [0.2, 0.25) is 0 Å². The third-order valence-electron chi connectivity index (χ3n) is 2.89. The van der Waals surface area contributed by atoms with E-state index in [-0.39, 0.29) is 11.7 Å². The smallest absolute Gasteiger partial charge is 0.320 e. The number of hydrogen-bond donors (Lipinski definition) is 3. The van der Waals surface area contributed by atoms with Crippen LogP contribution in [0.5, 0.6) is 11.5 Å². The standard InChI is InChI=1S/C13H11N5O3/c14-11(19)9-2-1-7(5-16-9)21-10-3-4-15-12-8(10)6-17-13(20)18-12/h1-5H,6H2,(H2,14,19)(H2,15,17,18,20). The zero-order valence-electron chi connectivity index (χ0n) is 10.8. The molecule has 3 amide bonds. The Morgan fingerprint density at radius 2 is 2.14 bits per heavy atom. The summed E-state index contributed by atoms with van der Waals surface area (Å²) in [4.78, 5) is 30.2. The Hall–Kier alpha value is -3.16. The molecule has 4 N–H and O–H groups in total. The molecular weight excluding hydrogens is 274 g/mol. The van der Waals surface area contributed by atoms with Gasteiger partial charge in [0, 0.05) is 6.20 Å². The molecule has 2 aromatic heterocycles. The Morgan fingerprint density at radius 1 is 1.29 bits per heavy atom. The van der Waals surface area contributed by atoms with Crippen molar-refractivity contribution in [2.75, 3.05) is 5.32 Å². The van der Waals surface area contributed by atoms with Gasteiger partial charge in [-0.25, -0.2) is 14.8 Å². The van der Waals surface area contributed by atoms with Crippen LogP contribution in [-0.2, 0) is 6.54 Å². The van der Waals surface area contributed by atoms with Gasteiger partial charge in [0.1, 0.15) is 23.0 Å². The van der Waals surface area contributed by atoms with Crippen LogP contribution in [-0.4, -0.2) is 21.9 Å². The van der Waals surface area contributed by atoms with Crippen LogP contribution in [0.2, 0.25) is 0 Å². The van der Waals surface area contributed by atoms with Crippen molar-refractivity contribution in [2.24, 2.45) is 5.73 Å². The predicted octanol–water partition coefficient (Wildman–Crippen LogP) is 1.00. The molecule has 1 aliphatic rings. The van der Waals surface area contributed by atoms with Gasteiger partial charge in [-0.15, -0.1) is 0 Å². The van der Waals surface area contributed by atoms with Gasteiger partial charge in [0.15, 0.2) is 0 Å². The Kier molecular flexibility index (Phi) is 3.11. The van der Waals surface area contributed by atoms with E-state index in [2.05, 4.69) is 20.6 Å². The topological polar surface area (TPSA) is 119 Å². The molecular formula is C13H11N5O3. The lowest BCUT2D eigenvalue weighted by Crippen LogP contribution is -2.34. The van der Waals surface area contributed by atoms with Crippen LogP contribution in [0.3, 0.4) is 0 Å². The minimum Gasteiger partial charge on any atom is -0.455 e. The van der Waals surface area contributed by atoms with Gasteiger partial charge >= 0.3 is 6.03 Å². The molecule has 3 heterocycles. The van der Waals surface area contributed by atoms with Gasteiger partial charge in [0.25, 0.3) is 5.91 Å². The number of rotatable bonds is 3. The Morgan fingerprint density at radius 3 is 2.86 bits per heavy atom. The number of nitrogens with one attached hydrogen (secondary N) is 2. The largest absolute Gasteiger partial charge is 0.455 e. The zero-order chi connectivity index (χ0) is 14.8. The van der Waals surface area contributed by atoms with Gasteiger partial charge in [-0.2, -0.15) is 0 Å². The Bertz CT molecular complexity index is 714. The maximum atomic E-state index is 11.2. The first kappa shape index (κ1) is 12.9. The van der Waals surface area contributed by atoms with Gasteiger partial charge in [-0.3, -0.25) is 10.1 Å². The molecule has 0 spiro atoms. The fraction of sp³-hybridized carbons (Fsp3) is 0.0769. The summed E-state index contributed by atoms with van der Waals surface area (Å²) in [5.74, 6) is 0.846. The van der Waals surface area contributed by atoms with E-state index in [1.807, 2.05) is 0 Å². The summed E-state index contributed by atoms with van der Waals surface area (Å²) in [7, 11) is 0. The predicted molar refractivity (Wildman–Crippen MR) is 72.9 cm³/mol. The second kappa shape index (κ2) is 5.08. The maximum Gasteiger partial charge on any atom is 0.320 e. The Labute approximate surface area is 119 Å². The van der Waals surface area contributed by atoms with E-state index in [4.69, 9.17) is 10.5 Å². The van der Waals surface area contributed by atoms with Crippen molar-refractivity contribution in [1.82, 2.24) is 15.3 Å². The van der Waals surface area contributed by atoms with E-state index in [9.17, 15) is 9.59 Å². The first-order valence-corrected chi connectivity index (χ1v) is 6.10. The molecule has 0 aliphatic carbocycles. The lowest BCUT2D eigenvalue weighted by atomic mass is 10.2. The molecule has 3 rings (SSSR count). The number of amides is 3. The summed E-state index contributed by atoms with van der Waals surface area (Å²) in [6.07, 6.45) is 2.94. The number of nitrogens with zero attached hydrogens (tertiary/aromatic N) is 2. The molecule has 0 aromatic carbocycles. The summed E-state index contributed by atoms with van der Waals surface area (Å²) in [5, 5.41) is 5.23. The number of carbonyl (C=O) groups excluding carboxylic acids is 2. The highest BCUT2D eigenvalue weighted by molar-refractivity contribution is 5.91. The van der Waals surface area contributed by atoms with Crippen molar-refractivity contribution in [1.29, 1.82) is 0 Å². The minimum atomic E-state index is -0.602. The van der Waals surface area contributed by atoms with Crippen molar-refractivity contribution < 1.29 is 14.3 Å². The van der Waals surface area contributed by atoms with Crippen molar-refractivity contribution >= 4 is 17.8 Å². The van der Waals surface area contributed by atoms with Crippen LogP contribution in [0.25, 0.3) is 0 Å². The molecule has 0 unspecified atom stereocenters. The molecule has 0 atom stereocenters. The van der Waals surface area contributed by atoms with Crippen LogP contribution in [0.1, 0.15) is 16.1 Å². The first-order valence-electron chi connectivity index (χ1n) is 6.10. The third-order valence-corrected chi connectivity index (χ3v) is 2.89. The van der Waals surface area contributed by atoms with Gasteiger partial charge < -0.3 is 15.8 Å². The van der Waals surface area contributed by atoms with Crippen molar-refractivity contribution in [3.63, 3.8) is 0 Å². The first-order chi connectivity index (χ1) is 10.1. The lowest BCUT2D eigenvalue weighted by Gasteiger charge is -2.19. The maximum absolute atomic E-state index is 11.2. The van der Waals surface area contributed by atoms with Crippen LogP contribution in [0, 0.1) is 0 Å². The second-order valence-corrected chi connectivity index (χ2v) is 4.29. The number of nitrogens with two attached hydrogens (primary N) is 1. The number of pyridine rings is 2. The molecule has 0 saturated heterocycles. The van der Waals surface area contributed by atoms with Crippen LogP contribution in [0.15, 0.2) is 30.6 Å². The normalized spacial score (nSPS) is 12.9. The number of ether oxygens (including phenoxy) is 1. The number of aromatic nitrogens is 2. The van der Waals surface area contributed by atoms with E-state index >= 15 is 0 Å². The van der Waals surface area contributed by atoms with E-state index in [1.165, 1.54) is 18.5 Å². The molecule has 1 aliphatic heterocycles. The van der Waals surface area contributed by atoms with E-state index < -0.39 is 5.91 Å². The monoisotopic (exact) mass is 285 g/mol. The molecule has 2 aromatic rings. The molecule has 0 fully saturated rings. The highest BCUT2D eigenvalue weighted by Crippen LogP contribution is 2.30. The fourth-order valence-corrected chi connectivity index (χ4v) is 1.88. The van der Waals surface area contributed by atoms with E-state index in [0.29, 0.717) is 23.9 Å². The highest BCUT2D eigenvalue weighted by Gasteiger charge is 2.19. The van der Waals surface area contributed by atoms with Crippen LogP contribution < -0.4 is 21.1 Å². The molecule has 8 nitrogen and oxygen atoms in total. The quantitative estimate of drug-likeness (QED) is 0.777. The summed E-state index contributed by atoms with van der Waals surface area (Å²) in [6, 6.07) is 4.44. The molecule has 0 radical (unpaired) electrons. The van der Waals surface area contributed by atoms with Crippen molar-refractivity contribution in [3.05, 3.63) is 41.9 Å². The highest BCUT2D eigenvalue weighted by atomic mass is 16.5. The van der Waals surface area contributed by atoms with Gasteiger partial charge in [-0.05, 0) is 18.2 Å². The average Bonchev–Trinajstić information content (AvgIpc) is 2.47. The second-order valence-electron chi connectivity index (χ2n) is 4.29. The Balaban J connectivity index is 1.87. The number of anilines is 1. The number of carbonyl (C=O) groups is 2. The summed E-state index contributed by atoms with van der Waals surface area (Å²) < 4.78 is 5.70. The summed E-state index contributed by atoms with van der Waals surface area (Å²) in [5.41, 5.74) is 6.01. The molecule has 21 heavy (non-hydrogen) atoms. The number of urea groups is 1. The van der Waals surface area contributed by atoms with Gasteiger partial charge in [0.05, 0.1) is 18.3 Å². The van der Waals surface area contributed by atoms with Gasteiger partial charge in [-0.1, -0.05) is 0 Å². The molecule has 0 saturated carbocycles. The number of hydrogen-bond acceptors (Lipinski definition) is 5. The number of fused-ring (bicyclic) bond motifs is 1. The fourth-order valence-electron chi connectivity index (χ4n) is 1.88. The molecule has 0 bridgehead atoms. The van der Waals surface area contributed by atoms with Crippen LogP contribution in [0.4, 0.5) is 10.6 Å². The van der Waals surface area contributed by atoms with Crippen molar-refractivity contribution in [3.8, 4) is 11.5 Å². The van der Waals surface area contributed by atoms with E-state index in [0.717, 1.165) is 5.56 Å². The van der Waals surface area contributed by atoms with Crippen molar-refractivity contribution in [2.45, 2.75) is 6.54 Å². The molecule has 106 valence electrons. The van der Waals surface area contributed by atoms with E-state index in [1.54, 1.807) is 12.1 Å². The third kappa shape index (κ3) is 2.59. The number of primary amides is 1. The average molecular weight is 285 g/mol. The molecule has 8 heteroatoms. The minimum absolute atomic E-state index is 0.160. The SMILES string of the molecule is NC(=O)c1ccc(Oc2ccnc3c2CNC(=O)N3)cn1. The lowest BCUT2D eigenvalue weighted by molar-refractivity contribution is 0.0995. The zero-order valence-corrected chi connectivity index (χ0v) is 10.8. The summed E-state index contributed by atoms with van der Waals surface area (Å²) in [6.45, 7) is 0.317. The summed E-state index contributed by atoms with van der Waals surface area (Å²) >= 11 is 0.